The molecule has 120 valence electrons. The molecule has 0 unspecified atom stereocenters. The number of benzene rings is 2. The van der Waals surface area contributed by atoms with Crippen LogP contribution in [0.2, 0.25) is 0 Å². The van der Waals surface area contributed by atoms with Crippen LogP contribution in [0.15, 0.2) is 55.1 Å². The van der Waals surface area contributed by atoms with E-state index in [0.717, 1.165) is 16.9 Å². The van der Waals surface area contributed by atoms with E-state index in [1.807, 2.05) is 38.1 Å². The molecular weight excluding hydrogens is 288 g/mol. The molecule has 2 amide bonds. The Labute approximate surface area is 137 Å². The number of rotatable bonds is 5. The van der Waals surface area contributed by atoms with Crippen molar-refractivity contribution in [2.24, 2.45) is 0 Å². The summed E-state index contributed by atoms with van der Waals surface area (Å²) in [5.41, 5.74) is 2.29. The molecule has 4 heteroatoms. The van der Waals surface area contributed by atoms with Crippen molar-refractivity contribution in [2.75, 3.05) is 12.4 Å². The molecule has 0 aromatic heterocycles. The molecule has 0 aliphatic heterocycles. The van der Waals surface area contributed by atoms with E-state index in [2.05, 4.69) is 17.2 Å². The first kappa shape index (κ1) is 16.6. The average Bonchev–Trinajstić information content (AvgIpc) is 2.55. The number of amides is 2. The van der Waals surface area contributed by atoms with Crippen molar-refractivity contribution in [3.05, 3.63) is 66.2 Å². The van der Waals surface area contributed by atoms with Crippen molar-refractivity contribution < 1.29 is 9.53 Å². The number of nitrogens with one attached hydrogen (secondary N) is 2. The second kappa shape index (κ2) is 7.01. The van der Waals surface area contributed by atoms with Crippen LogP contribution in [0.4, 0.5) is 10.5 Å². The highest BCUT2D eigenvalue weighted by Gasteiger charge is 2.22. The van der Waals surface area contributed by atoms with E-state index < -0.39 is 5.54 Å². The fraction of sp³-hybridized carbons (Fsp3) is 0.211. The minimum Gasteiger partial charge on any atom is -0.497 e. The zero-order chi connectivity index (χ0) is 16.9. The van der Waals surface area contributed by atoms with Crippen LogP contribution in [0.25, 0.3) is 6.08 Å². The molecule has 0 heterocycles. The molecule has 0 aliphatic rings. The average molecular weight is 310 g/mol. The maximum absolute atomic E-state index is 12.2. The third kappa shape index (κ3) is 4.36. The molecule has 0 spiro atoms. The molecule has 0 atom stereocenters. The molecule has 2 N–H and O–H groups in total. The highest BCUT2D eigenvalue weighted by atomic mass is 16.5. The summed E-state index contributed by atoms with van der Waals surface area (Å²) in [5.74, 6) is 0.749. The summed E-state index contributed by atoms with van der Waals surface area (Å²) < 4.78 is 5.10. The van der Waals surface area contributed by atoms with Gasteiger partial charge in [-0.25, -0.2) is 4.79 Å². The van der Waals surface area contributed by atoms with Crippen LogP contribution in [0.5, 0.6) is 5.75 Å². The lowest BCUT2D eigenvalue weighted by Crippen LogP contribution is -2.43. The van der Waals surface area contributed by atoms with Gasteiger partial charge in [-0.2, -0.15) is 0 Å². The van der Waals surface area contributed by atoms with Crippen molar-refractivity contribution >= 4 is 17.8 Å². The number of urea groups is 1. The first-order chi connectivity index (χ1) is 10.9. The first-order valence-corrected chi connectivity index (χ1v) is 7.41. The smallest absolute Gasteiger partial charge is 0.319 e. The minimum atomic E-state index is -0.490. The van der Waals surface area contributed by atoms with Crippen LogP contribution >= 0.6 is 0 Å². The van der Waals surface area contributed by atoms with E-state index in [1.165, 1.54) is 0 Å². The van der Waals surface area contributed by atoms with Crippen LogP contribution in [-0.2, 0) is 5.54 Å². The van der Waals surface area contributed by atoms with Crippen LogP contribution in [-0.4, -0.2) is 13.1 Å². The molecule has 0 saturated carbocycles. The van der Waals surface area contributed by atoms with Gasteiger partial charge in [-0.15, -0.1) is 0 Å². The Bertz CT molecular complexity index is 674. The zero-order valence-corrected chi connectivity index (χ0v) is 13.7. The first-order valence-electron chi connectivity index (χ1n) is 7.41. The second-order valence-corrected chi connectivity index (χ2v) is 5.76. The van der Waals surface area contributed by atoms with Gasteiger partial charge in [0.1, 0.15) is 5.75 Å². The molecule has 0 saturated heterocycles. The summed E-state index contributed by atoms with van der Waals surface area (Å²) in [6.45, 7) is 7.67. The molecule has 4 nitrogen and oxygen atoms in total. The largest absolute Gasteiger partial charge is 0.497 e. The van der Waals surface area contributed by atoms with Crippen molar-refractivity contribution in [1.82, 2.24) is 5.32 Å². The molecule has 2 aromatic rings. The van der Waals surface area contributed by atoms with Gasteiger partial charge in [0.25, 0.3) is 0 Å². The van der Waals surface area contributed by atoms with Crippen molar-refractivity contribution in [3.8, 4) is 5.75 Å². The minimum absolute atomic E-state index is 0.257. The van der Waals surface area contributed by atoms with Gasteiger partial charge in [0.05, 0.1) is 12.6 Å². The Morgan fingerprint density at radius 3 is 2.22 bits per heavy atom. The summed E-state index contributed by atoms with van der Waals surface area (Å²) in [5, 5.41) is 5.80. The van der Waals surface area contributed by atoms with E-state index in [-0.39, 0.29) is 6.03 Å². The molecule has 2 aromatic carbocycles. The van der Waals surface area contributed by atoms with E-state index >= 15 is 0 Å². The molecule has 0 fully saturated rings. The number of methoxy groups -OCH3 is 1. The van der Waals surface area contributed by atoms with Gasteiger partial charge < -0.3 is 15.4 Å². The number of carbonyl (C=O) groups is 1. The lowest BCUT2D eigenvalue weighted by molar-refractivity contribution is 0.242. The predicted molar refractivity (Wildman–Crippen MR) is 94.7 cm³/mol. The van der Waals surface area contributed by atoms with Crippen molar-refractivity contribution in [2.45, 2.75) is 19.4 Å². The van der Waals surface area contributed by atoms with Gasteiger partial charge in [-0.3, -0.25) is 0 Å². The van der Waals surface area contributed by atoms with E-state index in [4.69, 9.17) is 4.74 Å². The highest BCUT2D eigenvalue weighted by Crippen LogP contribution is 2.21. The molecule has 0 bridgehead atoms. The number of anilines is 1. The Morgan fingerprint density at radius 2 is 1.70 bits per heavy atom. The fourth-order valence-corrected chi connectivity index (χ4v) is 2.23. The Kier molecular flexibility index (Phi) is 5.06. The topological polar surface area (TPSA) is 50.4 Å². The summed E-state index contributed by atoms with van der Waals surface area (Å²) >= 11 is 0. The number of ether oxygens (including phenoxy) is 1. The van der Waals surface area contributed by atoms with Crippen molar-refractivity contribution in [3.63, 3.8) is 0 Å². The molecular formula is C19H22N2O2. The SMILES string of the molecule is C=Cc1ccc(C(C)(C)NC(=O)Nc2ccc(OC)cc2)cc1. The van der Waals surface area contributed by atoms with E-state index in [0.29, 0.717) is 5.69 Å². The zero-order valence-electron chi connectivity index (χ0n) is 13.7. The quantitative estimate of drug-likeness (QED) is 0.860. The van der Waals surface area contributed by atoms with Gasteiger partial charge in [0.2, 0.25) is 0 Å². The lowest BCUT2D eigenvalue weighted by atomic mass is 9.93. The second-order valence-electron chi connectivity index (χ2n) is 5.76. The van der Waals surface area contributed by atoms with Crippen LogP contribution in [0, 0.1) is 0 Å². The molecule has 0 aliphatic carbocycles. The number of hydrogen-bond acceptors (Lipinski definition) is 2. The molecule has 23 heavy (non-hydrogen) atoms. The maximum Gasteiger partial charge on any atom is 0.319 e. The van der Waals surface area contributed by atoms with Gasteiger partial charge in [0.15, 0.2) is 0 Å². The van der Waals surface area contributed by atoms with Crippen LogP contribution < -0.4 is 15.4 Å². The molecule has 2 rings (SSSR count). The highest BCUT2D eigenvalue weighted by molar-refractivity contribution is 5.89. The van der Waals surface area contributed by atoms with Crippen LogP contribution in [0.3, 0.4) is 0 Å². The normalized spacial score (nSPS) is 10.7. The monoisotopic (exact) mass is 310 g/mol. The standard InChI is InChI=1S/C19H22N2O2/c1-5-14-6-8-15(9-7-14)19(2,3)21-18(22)20-16-10-12-17(23-4)13-11-16/h5-13H,1H2,2-4H3,(H2,20,21,22). The van der Waals surface area contributed by atoms with Gasteiger partial charge in [-0.1, -0.05) is 36.9 Å². The maximum atomic E-state index is 12.2. The van der Waals surface area contributed by atoms with Crippen molar-refractivity contribution in [1.29, 1.82) is 0 Å². The summed E-state index contributed by atoms with van der Waals surface area (Å²) in [4.78, 5) is 12.2. The summed E-state index contributed by atoms with van der Waals surface area (Å²) in [6.07, 6.45) is 1.79. The third-order valence-electron chi connectivity index (χ3n) is 3.64. The third-order valence-corrected chi connectivity index (χ3v) is 3.64. The molecule has 0 radical (unpaired) electrons. The van der Waals surface area contributed by atoms with E-state index in [1.54, 1.807) is 37.5 Å². The summed E-state index contributed by atoms with van der Waals surface area (Å²) in [6, 6.07) is 14.9. The van der Waals surface area contributed by atoms with Crippen LogP contribution in [0.1, 0.15) is 25.0 Å². The predicted octanol–water partition coefficient (Wildman–Crippen LogP) is 4.40. The number of hydrogen-bond donors (Lipinski definition) is 2. The lowest BCUT2D eigenvalue weighted by Gasteiger charge is -2.27. The van der Waals surface area contributed by atoms with Gasteiger partial charge in [-0.05, 0) is 49.2 Å². The summed E-state index contributed by atoms with van der Waals surface area (Å²) in [7, 11) is 1.61. The van der Waals surface area contributed by atoms with Gasteiger partial charge in [0, 0.05) is 5.69 Å². The van der Waals surface area contributed by atoms with Gasteiger partial charge >= 0.3 is 6.03 Å². The number of carbonyl (C=O) groups excluding carboxylic acids is 1. The van der Waals surface area contributed by atoms with E-state index in [9.17, 15) is 4.79 Å². The fourth-order valence-electron chi connectivity index (χ4n) is 2.23. The Morgan fingerprint density at radius 1 is 1.09 bits per heavy atom. The Balaban J connectivity index is 2.02. The Hall–Kier alpha value is -2.75.